The van der Waals surface area contributed by atoms with Crippen LogP contribution in [0.3, 0.4) is 0 Å². The molecule has 2 N–H and O–H groups in total. The summed E-state index contributed by atoms with van der Waals surface area (Å²) < 4.78 is 0. The van der Waals surface area contributed by atoms with Crippen LogP contribution in [0, 0.1) is 0 Å². The van der Waals surface area contributed by atoms with Crippen LogP contribution in [-0.4, -0.2) is 29.6 Å². The van der Waals surface area contributed by atoms with Crippen molar-refractivity contribution in [2.75, 3.05) is 13.1 Å². The van der Waals surface area contributed by atoms with E-state index in [2.05, 4.69) is 24.8 Å². The molecule has 0 radical (unpaired) electrons. The quantitative estimate of drug-likeness (QED) is 0.913. The third-order valence-electron chi connectivity index (χ3n) is 4.73. The van der Waals surface area contributed by atoms with Gasteiger partial charge < -0.3 is 5.73 Å². The lowest BCUT2D eigenvalue weighted by Gasteiger charge is -2.42. The average Bonchev–Trinajstić information content (AvgIpc) is 2.70. The van der Waals surface area contributed by atoms with Gasteiger partial charge in [-0.2, -0.15) is 0 Å². The van der Waals surface area contributed by atoms with Crippen LogP contribution in [-0.2, 0) is 6.42 Å². The summed E-state index contributed by atoms with van der Waals surface area (Å²) in [6.45, 7) is 6.89. The molecule has 2 rings (SSSR count). The number of nitrogens with zero attached hydrogens (tertiary/aromatic N) is 1. The summed E-state index contributed by atoms with van der Waals surface area (Å²) in [4.78, 5) is 2.57. The molecule has 1 aliphatic rings. The largest absolute Gasteiger partial charge is 0.326 e. The van der Waals surface area contributed by atoms with Crippen molar-refractivity contribution in [3.8, 4) is 0 Å². The van der Waals surface area contributed by atoms with Gasteiger partial charge in [0, 0.05) is 16.6 Å². The molecular formula is C17H27ClN2. The zero-order chi connectivity index (χ0) is 14.6. The fourth-order valence-corrected chi connectivity index (χ4v) is 3.25. The molecule has 3 heteroatoms. The van der Waals surface area contributed by atoms with Crippen molar-refractivity contribution in [2.24, 2.45) is 5.73 Å². The molecule has 1 atom stereocenters. The van der Waals surface area contributed by atoms with E-state index in [1.54, 1.807) is 0 Å². The minimum atomic E-state index is 0.0174. The maximum Gasteiger partial charge on any atom is 0.0438 e. The average molecular weight is 295 g/mol. The van der Waals surface area contributed by atoms with E-state index in [-0.39, 0.29) is 11.6 Å². The molecule has 2 nitrogen and oxygen atoms in total. The van der Waals surface area contributed by atoms with Crippen LogP contribution in [0.2, 0.25) is 5.02 Å². The molecule has 0 aliphatic carbocycles. The highest BCUT2D eigenvalue weighted by Crippen LogP contribution is 2.26. The first-order chi connectivity index (χ1) is 9.51. The normalized spacial score (nSPS) is 19.6. The number of hydrogen-bond acceptors (Lipinski definition) is 2. The molecule has 112 valence electrons. The number of benzene rings is 1. The molecule has 0 saturated carbocycles. The number of likely N-dealkylation sites (tertiary alicyclic amines) is 1. The Kier molecular flexibility index (Phi) is 5.48. The Morgan fingerprint density at radius 1 is 1.15 bits per heavy atom. The van der Waals surface area contributed by atoms with Crippen molar-refractivity contribution in [3.63, 3.8) is 0 Å². The van der Waals surface area contributed by atoms with E-state index in [0.717, 1.165) is 17.0 Å². The highest BCUT2D eigenvalue weighted by molar-refractivity contribution is 6.31. The first-order valence-corrected chi connectivity index (χ1v) is 8.13. The topological polar surface area (TPSA) is 29.3 Å². The van der Waals surface area contributed by atoms with Gasteiger partial charge in [0.2, 0.25) is 0 Å². The van der Waals surface area contributed by atoms with Crippen molar-refractivity contribution in [3.05, 3.63) is 34.9 Å². The fraction of sp³-hybridized carbons (Fsp3) is 0.647. The van der Waals surface area contributed by atoms with Crippen LogP contribution in [0.15, 0.2) is 24.3 Å². The van der Waals surface area contributed by atoms with Gasteiger partial charge in [-0.1, -0.05) is 42.6 Å². The third kappa shape index (κ3) is 3.75. The van der Waals surface area contributed by atoms with Crippen LogP contribution < -0.4 is 5.73 Å². The minimum Gasteiger partial charge on any atom is -0.326 e. The van der Waals surface area contributed by atoms with Crippen molar-refractivity contribution in [1.29, 1.82) is 0 Å². The standard InChI is InChI=1S/C17H27ClN2/c1-17(2,20-11-7-3-4-8-12-20)16(19)13-14-9-5-6-10-15(14)18/h5-6,9-10,16H,3-4,7-8,11-13,19H2,1-2H3. The first kappa shape index (κ1) is 15.8. The molecule has 1 aliphatic heterocycles. The van der Waals surface area contributed by atoms with Gasteiger partial charge in [0.25, 0.3) is 0 Å². The summed E-state index contributed by atoms with van der Waals surface area (Å²) in [5, 5.41) is 0.828. The molecule has 1 aromatic carbocycles. The predicted molar refractivity (Wildman–Crippen MR) is 87.3 cm³/mol. The summed E-state index contributed by atoms with van der Waals surface area (Å²) in [5.74, 6) is 0. The van der Waals surface area contributed by atoms with E-state index >= 15 is 0 Å². The first-order valence-electron chi connectivity index (χ1n) is 7.76. The summed E-state index contributed by atoms with van der Waals surface area (Å²) >= 11 is 6.26. The van der Waals surface area contributed by atoms with Crippen LogP contribution >= 0.6 is 11.6 Å². The Bertz CT molecular complexity index is 423. The zero-order valence-electron chi connectivity index (χ0n) is 12.7. The minimum absolute atomic E-state index is 0.0174. The number of hydrogen-bond donors (Lipinski definition) is 1. The highest BCUT2D eigenvalue weighted by Gasteiger charge is 2.33. The van der Waals surface area contributed by atoms with Crippen LogP contribution in [0.5, 0.6) is 0 Å². The summed E-state index contributed by atoms with van der Waals surface area (Å²) in [5.41, 5.74) is 7.71. The molecule has 0 aromatic heterocycles. The second-order valence-corrected chi connectivity index (χ2v) is 6.86. The highest BCUT2D eigenvalue weighted by atomic mass is 35.5. The number of halogens is 1. The Balaban J connectivity index is 2.06. The van der Waals surface area contributed by atoms with Gasteiger partial charge in [0.1, 0.15) is 0 Å². The van der Waals surface area contributed by atoms with E-state index in [4.69, 9.17) is 17.3 Å². The van der Waals surface area contributed by atoms with E-state index in [0.29, 0.717) is 0 Å². The molecule has 20 heavy (non-hydrogen) atoms. The van der Waals surface area contributed by atoms with Crippen molar-refractivity contribution in [1.82, 2.24) is 4.90 Å². The zero-order valence-corrected chi connectivity index (χ0v) is 13.5. The maximum absolute atomic E-state index is 6.53. The Morgan fingerprint density at radius 3 is 2.35 bits per heavy atom. The van der Waals surface area contributed by atoms with Crippen molar-refractivity contribution >= 4 is 11.6 Å². The van der Waals surface area contributed by atoms with E-state index in [1.165, 1.54) is 38.8 Å². The maximum atomic E-state index is 6.53. The van der Waals surface area contributed by atoms with Gasteiger partial charge in [-0.3, -0.25) is 4.90 Å². The molecule has 0 spiro atoms. The van der Waals surface area contributed by atoms with Crippen molar-refractivity contribution < 1.29 is 0 Å². The van der Waals surface area contributed by atoms with Gasteiger partial charge in [-0.25, -0.2) is 0 Å². The van der Waals surface area contributed by atoms with E-state index in [1.807, 2.05) is 18.2 Å². The molecule has 1 heterocycles. The van der Waals surface area contributed by atoms with Gasteiger partial charge >= 0.3 is 0 Å². The molecule has 1 fully saturated rings. The third-order valence-corrected chi connectivity index (χ3v) is 5.09. The lowest BCUT2D eigenvalue weighted by molar-refractivity contribution is 0.0979. The van der Waals surface area contributed by atoms with Crippen LogP contribution in [0.4, 0.5) is 0 Å². The smallest absolute Gasteiger partial charge is 0.0438 e. The van der Waals surface area contributed by atoms with Gasteiger partial charge in [-0.15, -0.1) is 0 Å². The second kappa shape index (κ2) is 6.93. The van der Waals surface area contributed by atoms with E-state index in [9.17, 15) is 0 Å². The lowest BCUT2D eigenvalue weighted by Crippen LogP contribution is -2.57. The summed E-state index contributed by atoms with van der Waals surface area (Å²) in [7, 11) is 0. The second-order valence-electron chi connectivity index (χ2n) is 6.46. The van der Waals surface area contributed by atoms with Crippen molar-refractivity contribution in [2.45, 2.75) is 57.5 Å². The Morgan fingerprint density at radius 2 is 1.75 bits per heavy atom. The Hall–Kier alpha value is -0.570. The molecule has 1 saturated heterocycles. The van der Waals surface area contributed by atoms with Gasteiger partial charge in [0.15, 0.2) is 0 Å². The Labute approximate surface area is 128 Å². The monoisotopic (exact) mass is 294 g/mol. The molecule has 1 unspecified atom stereocenters. The van der Waals surface area contributed by atoms with Gasteiger partial charge in [-0.05, 0) is 57.8 Å². The molecule has 0 bridgehead atoms. The van der Waals surface area contributed by atoms with Crippen LogP contribution in [0.25, 0.3) is 0 Å². The lowest BCUT2D eigenvalue weighted by atomic mass is 9.88. The fourth-order valence-electron chi connectivity index (χ4n) is 3.03. The number of nitrogens with two attached hydrogens (primary N) is 1. The number of rotatable bonds is 4. The molecule has 1 aromatic rings. The molecular weight excluding hydrogens is 268 g/mol. The van der Waals surface area contributed by atoms with Crippen LogP contribution in [0.1, 0.15) is 45.1 Å². The molecule has 0 amide bonds. The SMILES string of the molecule is CC(C)(C(N)Cc1ccccc1Cl)N1CCCCCC1. The van der Waals surface area contributed by atoms with E-state index < -0.39 is 0 Å². The summed E-state index contributed by atoms with van der Waals surface area (Å²) in [6, 6.07) is 8.13. The van der Waals surface area contributed by atoms with Gasteiger partial charge in [0.05, 0.1) is 0 Å². The predicted octanol–water partition coefficient (Wildman–Crippen LogP) is 3.86. The summed E-state index contributed by atoms with van der Waals surface area (Å²) in [6.07, 6.45) is 6.13.